The average Bonchev–Trinajstić information content (AvgIpc) is 2.34. The lowest BCUT2D eigenvalue weighted by atomic mass is 10.2. The van der Waals surface area contributed by atoms with Gasteiger partial charge in [-0.25, -0.2) is 0 Å². The molecule has 0 amide bonds. The van der Waals surface area contributed by atoms with Gasteiger partial charge in [0.15, 0.2) is 0 Å². The van der Waals surface area contributed by atoms with Gasteiger partial charge in [-0.1, -0.05) is 15.9 Å². The Morgan fingerprint density at radius 1 is 1.24 bits per heavy atom. The first-order valence-electron chi connectivity index (χ1n) is 5.17. The van der Waals surface area contributed by atoms with Crippen molar-refractivity contribution in [1.82, 2.24) is 0 Å². The number of hydrogen-bond donors (Lipinski definition) is 0. The highest BCUT2D eigenvalue weighted by atomic mass is 79.9. The lowest BCUT2D eigenvalue weighted by Crippen LogP contribution is -2.10. The second kappa shape index (κ2) is 8.07. The second-order valence-corrected chi connectivity index (χ2v) is 4.12. The second-order valence-electron chi connectivity index (χ2n) is 3.21. The molecule has 0 N–H and O–H groups in total. The summed E-state index contributed by atoms with van der Waals surface area (Å²) in [6, 6.07) is 7.37. The molecule has 0 heterocycles. The van der Waals surface area contributed by atoms with Crippen LogP contribution in [0.4, 0.5) is 0 Å². The zero-order valence-electron chi connectivity index (χ0n) is 9.61. The quantitative estimate of drug-likeness (QED) is 0.725. The molecule has 0 saturated heterocycles. The molecule has 0 spiro atoms. The van der Waals surface area contributed by atoms with Crippen molar-refractivity contribution in [2.45, 2.75) is 0 Å². The van der Waals surface area contributed by atoms with E-state index in [1.54, 1.807) is 25.3 Å². The number of hydrogen-bond acceptors (Lipinski definition) is 4. The monoisotopic (exact) mass is 299 g/mol. The van der Waals surface area contributed by atoms with E-state index < -0.39 is 0 Å². The summed E-state index contributed by atoms with van der Waals surface area (Å²) in [4.78, 5) is 0. The molecular formula is C12H14BrNO3. The van der Waals surface area contributed by atoms with Crippen LogP contribution in [0, 0.1) is 11.3 Å². The number of halogens is 1. The van der Waals surface area contributed by atoms with Crippen LogP contribution in [0.2, 0.25) is 0 Å². The predicted molar refractivity (Wildman–Crippen MR) is 67.0 cm³/mol. The molecule has 0 saturated carbocycles. The highest BCUT2D eigenvalue weighted by Gasteiger charge is 2.03. The molecule has 0 fully saturated rings. The summed E-state index contributed by atoms with van der Waals surface area (Å²) < 4.78 is 16.5. The van der Waals surface area contributed by atoms with Crippen LogP contribution in [-0.4, -0.2) is 33.5 Å². The third kappa shape index (κ3) is 5.18. The Morgan fingerprint density at radius 2 is 2.00 bits per heavy atom. The molecule has 17 heavy (non-hydrogen) atoms. The standard InChI is InChI=1S/C12H14BrNO3/c1-15-4-5-16-6-7-17-12-8-11(13)3-2-10(12)9-14/h2-3,8H,4-7H2,1H3. The van der Waals surface area contributed by atoms with Crippen molar-refractivity contribution in [3.05, 3.63) is 28.2 Å². The van der Waals surface area contributed by atoms with Gasteiger partial charge >= 0.3 is 0 Å². The van der Waals surface area contributed by atoms with Crippen molar-refractivity contribution in [2.75, 3.05) is 33.5 Å². The first kappa shape index (κ1) is 14.0. The molecule has 1 aromatic carbocycles. The molecule has 1 rings (SSSR count). The Balaban J connectivity index is 2.36. The lowest BCUT2D eigenvalue weighted by Gasteiger charge is -2.08. The molecule has 0 radical (unpaired) electrons. The number of nitrogens with zero attached hydrogens (tertiary/aromatic N) is 1. The fourth-order valence-corrected chi connectivity index (χ4v) is 1.50. The van der Waals surface area contributed by atoms with Gasteiger partial charge in [0.25, 0.3) is 0 Å². The summed E-state index contributed by atoms with van der Waals surface area (Å²) in [7, 11) is 1.63. The van der Waals surface area contributed by atoms with E-state index in [4.69, 9.17) is 19.5 Å². The fourth-order valence-electron chi connectivity index (χ4n) is 1.16. The molecule has 0 atom stereocenters. The lowest BCUT2D eigenvalue weighted by molar-refractivity contribution is 0.0544. The Hall–Kier alpha value is -1.09. The molecule has 0 aliphatic rings. The minimum absolute atomic E-state index is 0.412. The van der Waals surface area contributed by atoms with Crippen molar-refractivity contribution < 1.29 is 14.2 Å². The Labute approximate surface area is 109 Å². The zero-order valence-corrected chi connectivity index (χ0v) is 11.2. The van der Waals surface area contributed by atoms with Crippen LogP contribution in [0.3, 0.4) is 0 Å². The first-order chi connectivity index (χ1) is 8.27. The molecule has 0 aliphatic heterocycles. The predicted octanol–water partition coefficient (Wildman–Crippen LogP) is 2.36. The topological polar surface area (TPSA) is 51.5 Å². The fraction of sp³-hybridized carbons (Fsp3) is 0.417. The van der Waals surface area contributed by atoms with Crippen molar-refractivity contribution in [3.8, 4) is 11.8 Å². The van der Waals surface area contributed by atoms with E-state index in [-0.39, 0.29) is 0 Å². The number of rotatable bonds is 7. The van der Waals surface area contributed by atoms with Gasteiger partial charge in [0.2, 0.25) is 0 Å². The van der Waals surface area contributed by atoms with Gasteiger partial charge in [-0.15, -0.1) is 0 Å². The zero-order chi connectivity index (χ0) is 12.5. The Bertz CT molecular complexity index is 390. The van der Waals surface area contributed by atoms with Crippen LogP contribution in [-0.2, 0) is 9.47 Å². The Kier molecular flexibility index (Phi) is 6.63. The smallest absolute Gasteiger partial charge is 0.138 e. The van der Waals surface area contributed by atoms with Gasteiger partial charge in [-0.2, -0.15) is 5.26 Å². The highest BCUT2D eigenvalue weighted by molar-refractivity contribution is 9.10. The van der Waals surface area contributed by atoms with Gasteiger partial charge < -0.3 is 14.2 Å². The molecule has 0 bridgehead atoms. The number of nitriles is 1. The number of methoxy groups -OCH3 is 1. The number of ether oxygens (including phenoxy) is 3. The van der Waals surface area contributed by atoms with E-state index in [1.165, 1.54) is 0 Å². The summed E-state index contributed by atoms with van der Waals surface area (Å²) in [5.41, 5.74) is 0.519. The minimum atomic E-state index is 0.412. The minimum Gasteiger partial charge on any atom is -0.490 e. The normalized spacial score (nSPS) is 9.94. The largest absolute Gasteiger partial charge is 0.490 e. The summed E-state index contributed by atoms with van der Waals surface area (Å²) in [5, 5.41) is 8.89. The average molecular weight is 300 g/mol. The third-order valence-electron chi connectivity index (χ3n) is 1.98. The van der Waals surface area contributed by atoms with E-state index >= 15 is 0 Å². The van der Waals surface area contributed by atoms with E-state index in [2.05, 4.69) is 22.0 Å². The SMILES string of the molecule is COCCOCCOc1cc(Br)ccc1C#N. The van der Waals surface area contributed by atoms with Gasteiger partial charge in [-0.05, 0) is 18.2 Å². The summed E-state index contributed by atoms with van der Waals surface area (Å²) in [6.07, 6.45) is 0. The van der Waals surface area contributed by atoms with Gasteiger partial charge in [-0.3, -0.25) is 0 Å². The summed E-state index contributed by atoms with van der Waals surface area (Å²) >= 11 is 3.33. The van der Waals surface area contributed by atoms with Gasteiger partial charge in [0.1, 0.15) is 18.4 Å². The van der Waals surface area contributed by atoms with E-state index in [0.717, 1.165) is 4.47 Å². The molecule has 0 unspecified atom stereocenters. The molecule has 4 nitrogen and oxygen atoms in total. The van der Waals surface area contributed by atoms with E-state index in [9.17, 15) is 0 Å². The first-order valence-corrected chi connectivity index (χ1v) is 5.96. The van der Waals surface area contributed by atoms with Crippen molar-refractivity contribution in [3.63, 3.8) is 0 Å². The van der Waals surface area contributed by atoms with Crippen molar-refractivity contribution >= 4 is 15.9 Å². The summed E-state index contributed by atoms with van der Waals surface area (Å²) in [5.74, 6) is 0.567. The molecule has 0 aromatic heterocycles. The van der Waals surface area contributed by atoms with Crippen LogP contribution in [0.25, 0.3) is 0 Å². The molecule has 0 aliphatic carbocycles. The van der Waals surface area contributed by atoms with Crippen LogP contribution < -0.4 is 4.74 Å². The maximum absolute atomic E-state index is 8.89. The third-order valence-corrected chi connectivity index (χ3v) is 2.47. The van der Waals surface area contributed by atoms with Crippen LogP contribution >= 0.6 is 15.9 Å². The molecule has 1 aromatic rings. The van der Waals surface area contributed by atoms with E-state index in [0.29, 0.717) is 37.7 Å². The number of benzene rings is 1. The van der Waals surface area contributed by atoms with Gasteiger partial charge in [0.05, 0.1) is 25.4 Å². The molecule has 92 valence electrons. The van der Waals surface area contributed by atoms with Crippen molar-refractivity contribution in [2.24, 2.45) is 0 Å². The van der Waals surface area contributed by atoms with Crippen LogP contribution in [0.5, 0.6) is 5.75 Å². The Morgan fingerprint density at radius 3 is 2.71 bits per heavy atom. The van der Waals surface area contributed by atoms with Crippen LogP contribution in [0.15, 0.2) is 22.7 Å². The maximum atomic E-state index is 8.89. The van der Waals surface area contributed by atoms with Gasteiger partial charge in [0, 0.05) is 11.6 Å². The summed E-state index contributed by atoms with van der Waals surface area (Å²) in [6.45, 7) is 2.00. The molecular weight excluding hydrogens is 286 g/mol. The van der Waals surface area contributed by atoms with Crippen molar-refractivity contribution in [1.29, 1.82) is 5.26 Å². The maximum Gasteiger partial charge on any atom is 0.138 e. The van der Waals surface area contributed by atoms with E-state index in [1.807, 2.05) is 0 Å². The molecule has 5 heteroatoms. The highest BCUT2D eigenvalue weighted by Crippen LogP contribution is 2.22. The van der Waals surface area contributed by atoms with Crippen LogP contribution in [0.1, 0.15) is 5.56 Å².